The minimum absolute atomic E-state index is 0.0900. The lowest BCUT2D eigenvalue weighted by molar-refractivity contribution is -0.137. The van der Waals surface area contributed by atoms with Gasteiger partial charge in [-0.05, 0) is 19.4 Å². The van der Waals surface area contributed by atoms with Crippen molar-refractivity contribution in [3.63, 3.8) is 0 Å². The molecule has 1 aromatic rings. The highest BCUT2D eigenvalue weighted by Crippen LogP contribution is 2.22. The first-order valence-electron chi connectivity index (χ1n) is 5.15. The fraction of sp³-hybridized carbons (Fsp3) is 0.600. The van der Waals surface area contributed by atoms with Gasteiger partial charge >= 0.3 is 5.97 Å². The number of rotatable bonds is 4. The quantitative estimate of drug-likeness (QED) is 0.778. The first kappa shape index (κ1) is 10.2. The molecule has 0 spiro atoms. The number of nitrogens with one attached hydrogen (secondary N) is 1. The predicted octanol–water partition coefficient (Wildman–Crippen LogP) is 1.12. The van der Waals surface area contributed by atoms with E-state index in [0.29, 0.717) is 18.1 Å². The van der Waals surface area contributed by atoms with Crippen LogP contribution in [0.4, 0.5) is 0 Å². The second-order valence-corrected chi connectivity index (χ2v) is 3.71. The molecular formula is C10H14N2O3. The van der Waals surface area contributed by atoms with E-state index >= 15 is 0 Å². The van der Waals surface area contributed by atoms with E-state index in [0.717, 1.165) is 19.4 Å². The van der Waals surface area contributed by atoms with Crippen LogP contribution in [0.1, 0.15) is 37.0 Å². The fourth-order valence-electron chi connectivity index (χ4n) is 1.72. The maximum Gasteiger partial charge on any atom is 0.303 e. The number of oxazole rings is 1. The third-order valence-electron chi connectivity index (χ3n) is 2.52. The number of nitrogens with zero attached hydrogens (tertiary/aromatic N) is 1. The van der Waals surface area contributed by atoms with Gasteiger partial charge in [-0.3, -0.25) is 4.79 Å². The molecule has 5 nitrogen and oxygen atoms in total. The van der Waals surface area contributed by atoms with Gasteiger partial charge < -0.3 is 14.8 Å². The van der Waals surface area contributed by atoms with Crippen molar-refractivity contribution in [3.05, 3.63) is 17.8 Å². The van der Waals surface area contributed by atoms with E-state index in [9.17, 15) is 4.79 Å². The highest BCUT2D eigenvalue weighted by Gasteiger charge is 2.20. The van der Waals surface area contributed by atoms with E-state index in [1.807, 2.05) is 0 Å². The van der Waals surface area contributed by atoms with Crippen LogP contribution < -0.4 is 5.32 Å². The Balaban J connectivity index is 1.94. The van der Waals surface area contributed by atoms with Gasteiger partial charge in [-0.1, -0.05) is 0 Å². The molecule has 0 aliphatic carbocycles. The Bertz CT molecular complexity index is 342. The lowest BCUT2D eigenvalue weighted by atomic mass is 10.2. The maximum atomic E-state index is 10.4. The van der Waals surface area contributed by atoms with Crippen LogP contribution in [-0.2, 0) is 11.2 Å². The highest BCUT2D eigenvalue weighted by molar-refractivity contribution is 5.66. The van der Waals surface area contributed by atoms with E-state index in [-0.39, 0.29) is 12.5 Å². The van der Waals surface area contributed by atoms with Crippen LogP contribution in [0.25, 0.3) is 0 Å². The molecule has 2 heterocycles. The van der Waals surface area contributed by atoms with Gasteiger partial charge in [0.2, 0.25) is 5.89 Å². The number of carboxylic acids is 1. The van der Waals surface area contributed by atoms with Crippen molar-refractivity contribution in [2.24, 2.45) is 0 Å². The van der Waals surface area contributed by atoms with E-state index in [1.165, 1.54) is 0 Å². The number of carbonyl (C=O) groups is 1. The Kier molecular flexibility index (Phi) is 3.01. The molecule has 1 aliphatic heterocycles. The molecule has 5 heteroatoms. The number of carboxylic acid groups (broad SMARTS) is 1. The Morgan fingerprint density at radius 2 is 2.60 bits per heavy atom. The van der Waals surface area contributed by atoms with Gasteiger partial charge in [-0.15, -0.1) is 0 Å². The van der Waals surface area contributed by atoms with Crippen LogP contribution in [0.15, 0.2) is 10.6 Å². The van der Waals surface area contributed by atoms with Crippen molar-refractivity contribution in [2.45, 2.75) is 31.7 Å². The Morgan fingerprint density at radius 3 is 3.27 bits per heavy atom. The van der Waals surface area contributed by atoms with Crippen molar-refractivity contribution in [2.75, 3.05) is 6.54 Å². The van der Waals surface area contributed by atoms with Crippen molar-refractivity contribution < 1.29 is 14.3 Å². The Labute approximate surface area is 87.5 Å². The average Bonchev–Trinajstić information content (AvgIpc) is 2.85. The summed E-state index contributed by atoms with van der Waals surface area (Å²) in [6.45, 7) is 0.998. The summed E-state index contributed by atoms with van der Waals surface area (Å²) in [4.78, 5) is 14.5. The van der Waals surface area contributed by atoms with Crippen molar-refractivity contribution in [1.82, 2.24) is 10.3 Å². The van der Waals surface area contributed by atoms with Crippen LogP contribution >= 0.6 is 0 Å². The van der Waals surface area contributed by atoms with Crippen LogP contribution in [0, 0.1) is 0 Å². The van der Waals surface area contributed by atoms with E-state index < -0.39 is 5.97 Å². The molecule has 2 rings (SSSR count). The molecule has 0 radical (unpaired) electrons. The van der Waals surface area contributed by atoms with Crippen LogP contribution in [0.2, 0.25) is 0 Å². The highest BCUT2D eigenvalue weighted by atomic mass is 16.4. The molecule has 1 aliphatic rings. The second-order valence-electron chi connectivity index (χ2n) is 3.71. The molecule has 1 atom stereocenters. The molecule has 82 valence electrons. The summed E-state index contributed by atoms with van der Waals surface area (Å²) in [5.74, 6) is 0.529. The summed E-state index contributed by atoms with van der Waals surface area (Å²) >= 11 is 0. The normalized spacial score (nSPS) is 20.7. The Morgan fingerprint density at radius 1 is 1.73 bits per heavy atom. The molecular weight excluding hydrogens is 196 g/mol. The minimum atomic E-state index is -0.813. The second kappa shape index (κ2) is 4.44. The summed E-state index contributed by atoms with van der Waals surface area (Å²) in [6, 6.07) is 0.212. The van der Waals surface area contributed by atoms with Gasteiger partial charge in [-0.2, -0.15) is 0 Å². The standard InChI is InChI=1S/C10H14N2O3/c13-9(14)4-3-7-6-12-10(15-7)8-2-1-5-11-8/h6,8,11H,1-5H2,(H,13,14). The molecule has 0 bridgehead atoms. The number of aliphatic carboxylic acids is 1. The van der Waals surface area contributed by atoms with E-state index in [4.69, 9.17) is 9.52 Å². The molecule has 0 saturated carbocycles. The monoisotopic (exact) mass is 210 g/mol. The third-order valence-corrected chi connectivity index (χ3v) is 2.52. The molecule has 15 heavy (non-hydrogen) atoms. The topological polar surface area (TPSA) is 75.4 Å². The van der Waals surface area contributed by atoms with Gasteiger partial charge in [0.25, 0.3) is 0 Å². The zero-order chi connectivity index (χ0) is 10.7. The van der Waals surface area contributed by atoms with E-state index in [1.54, 1.807) is 6.20 Å². The summed E-state index contributed by atoms with van der Waals surface area (Å²) in [6.07, 6.45) is 4.30. The van der Waals surface area contributed by atoms with E-state index in [2.05, 4.69) is 10.3 Å². The predicted molar refractivity (Wildman–Crippen MR) is 52.4 cm³/mol. The van der Waals surface area contributed by atoms with Gasteiger partial charge in [0.05, 0.1) is 18.7 Å². The van der Waals surface area contributed by atoms with Gasteiger partial charge in [0.15, 0.2) is 0 Å². The number of hydrogen-bond acceptors (Lipinski definition) is 4. The first-order chi connectivity index (χ1) is 7.25. The SMILES string of the molecule is O=C(O)CCc1cnc(C2CCCN2)o1. The van der Waals surface area contributed by atoms with Crippen molar-refractivity contribution in [3.8, 4) is 0 Å². The van der Waals surface area contributed by atoms with Gasteiger partial charge in [-0.25, -0.2) is 4.98 Å². The zero-order valence-electron chi connectivity index (χ0n) is 8.40. The summed E-state index contributed by atoms with van der Waals surface area (Å²) in [5.41, 5.74) is 0. The number of hydrogen-bond donors (Lipinski definition) is 2. The zero-order valence-corrected chi connectivity index (χ0v) is 8.40. The van der Waals surface area contributed by atoms with Crippen LogP contribution in [-0.4, -0.2) is 22.6 Å². The molecule has 1 unspecified atom stereocenters. The Hall–Kier alpha value is -1.36. The van der Waals surface area contributed by atoms with Crippen molar-refractivity contribution >= 4 is 5.97 Å². The summed E-state index contributed by atoms with van der Waals surface area (Å²) < 4.78 is 5.48. The molecule has 1 aromatic heterocycles. The smallest absolute Gasteiger partial charge is 0.303 e. The van der Waals surface area contributed by atoms with Crippen LogP contribution in [0.5, 0.6) is 0 Å². The molecule has 1 saturated heterocycles. The molecule has 1 fully saturated rings. The third kappa shape index (κ3) is 2.56. The fourth-order valence-corrected chi connectivity index (χ4v) is 1.72. The summed E-state index contributed by atoms with van der Waals surface area (Å²) in [5, 5.41) is 11.8. The maximum absolute atomic E-state index is 10.4. The molecule has 0 amide bonds. The number of aromatic nitrogens is 1. The summed E-state index contributed by atoms with van der Waals surface area (Å²) in [7, 11) is 0. The van der Waals surface area contributed by atoms with Crippen molar-refractivity contribution in [1.29, 1.82) is 0 Å². The van der Waals surface area contributed by atoms with Crippen LogP contribution in [0.3, 0.4) is 0 Å². The lowest BCUT2D eigenvalue weighted by Crippen LogP contribution is -2.12. The van der Waals surface area contributed by atoms with Gasteiger partial charge in [0, 0.05) is 6.42 Å². The minimum Gasteiger partial charge on any atom is -0.481 e. The first-order valence-corrected chi connectivity index (χ1v) is 5.15. The largest absolute Gasteiger partial charge is 0.481 e. The number of aryl methyl sites for hydroxylation is 1. The molecule has 2 N–H and O–H groups in total. The van der Waals surface area contributed by atoms with Gasteiger partial charge in [0.1, 0.15) is 5.76 Å². The molecule has 0 aromatic carbocycles. The average molecular weight is 210 g/mol. The lowest BCUT2D eigenvalue weighted by Gasteiger charge is -2.03.